The van der Waals surface area contributed by atoms with E-state index >= 15 is 0 Å². The van der Waals surface area contributed by atoms with Crippen molar-refractivity contribution in [2.24, 2.45) is 0 Å². The average molecular weight is 360 g/mol. The van der Waals surface area contributed by atoms with E-state index in [1.807, 2.05) is 12.1 Å². The summed E-state index contributed by atoms with van der Waals surface area (Å²) < 4.78 is 5.78. The normalized spacial score (nSPS) is 10.4. The molecule has 0 heterocycles. The smallest absolute Gasteiger partial charge is 0.147 e. The van der Waals surface area contributed by atoms with Gasteiger partial charge in [0.1, 0.15) is 19.6 Å². The molecule has 23 heavy (non-hydrogen) atoms. The number of benzene rings is 2. The van der Waals surface area contributed by atoms with Crippen LogP contribution >= 0.6 is 23.2 Å². The third-order valence-corrected chi connectivity index (χ3v) is 4.15. The van der Waals surface area contributed by atoms with Crippen molar-refractivity contribution < 1.29 is 4.74 Å². The first kappa shape index (κ1) is 17.4. The molecule has 0 saturated carbocycles. The summed E-state index contributed by atoms with van der Waals surface area (Å²) >= 11 is 12.2. The molecule has 0 fully saturated rings. The Morgan fingerprint density at radius 1 is 1.00 bits per heavy atom. The first-order valence-electron chi connectivity index (χ1n) is 6.98. The lowest BCUT2D eigenvalue weighted by atomic mass is 10.2. The molecule has 116 valence electrons. The molecule has 0 atom stereocenters. The molecule has 0 aromatic heterocycles. The number of ether oxygens (including phenoxy) is 1. The van der Waals surface area contributed by atoms with Crippen LogP contribution in [0.3, 0.4) is 0 Å². The molecule has 0 bridgehead atoms. The van der Waals surface area contributed by atoms with E-state index in [0.717, 1.165) is 5.56 Å². The quantitative estimate of drug-likeness (QED) is 0.494. The van der Waals surface area contributed by atoms with Gasteiger partial charge >= 0.3 is 0 Å². The lowest BCUT2D eigenvalue weighted by Gasteiger charge is -2.09. The van der Waals surface area contributed by atoms with E-state index in [-0.39, 0.29) is 0 Å². The standard InChI is InChI=1S/C18H15Cl2NOSi/c1-23(2,3)7-6-13-4-5-17(20)18(10-13)22-16-9-14(12-21)8-15(19)11-16/h4-5,8-11H,1-3H3. The third-order valence-electron chi connectivity index (χ3n) is 2.74. The summed E-state index contributed by atoms with van der Waals surface area (Å²) in [6.45, 7) is 6.55. The summed E-state index contributed by atoms with van der Waals surface area (Å²) in [7, 11) is -1.45. The zero-order valence-corrected chi connectivity index (χ0v) is 15.6. The van der Waals surface area contributed by atoms with E-state index in [1.165, 1.54) is 0 Å². The zero-order chi connectivity index (χ0) is 17.0. The lowest BCUT2D eigenvalue weighted by molar-refractivity contribution is 0.482. The van der Waals surface area contributed by atoms with E-state index in [9.17, 15) is 0 Å². The van der Waals surface area contributed by atoms with Gasteiger partial charge in [0.15, 0.2) is 0 Å². The summed E-state index contributed by atoms with van der Waals surface area (Å²) in [6.07, 6.45) is 0. The number of nitriles is 1. The fourth-order valence-corrected chi connectivity index (χ4v) is 2.63. The molecular weight excluding hydrogens is 345 g/mol. The molecule has 2 rings (SSSR count). The number of hydrogen-bond acceptors (Lipinski definition) is 2. The molecule has 0 aliphatic heterocycles. The van der Waals surface area contributed by atoms with E-state index in [2.05, 4.69) is 31.1 Å². The second-order valence-electron chi connectivity index (χ2n) is 6.03. The van der Waals surface area contributed by atoms with Crippen molar-refractivity contribution in [1.82, 2.24) is 0 Å². The molecule has 0 saturated heterocycles. The first-order valence-corrected chi connectivity index (χ1v) is 11.2. The summed E-state index contributed by atoms with van der Waals surface area (Å²) in [5, 5.41) is 9.90. The average Bonchev–Trinajstić information content (AvgIpc) is 2.46. The van der Waals surface area contributed by atoms with Gasteiger partial charge in [0, 0.05) is 10.6 Å². The van der Waals surface area contributed by atoms with Crippen molar-refractivity contribution in [2.45, 2.75) is 19.6 Å². The first-order chi connectivity index (χ1) is 10.8. The minimum Gasteiger partial charge on any atom is -0.456 e. The van der Waals surface area contributed by atoms with Gasteiger partial charge in [-0.05, 0) is 36.4 Å². The van der Waals surface area contributed by atoms with Crippen LogP contribution in [0.4, 0.5) is 0 Å². The predicted octanol–water partition coefficient (Wildman–Crippen LogP) is 5.89. The van der Waals surface area contributed by atoms with E-state index in [1.54, 1.807) is 30.3 Å². The van der Waals surface area contributed by atoms with Gasteiger partial charge in [-0.1, -0.05) is 48.8 Å². The van der Waals surface area contributed by atoms with Gasteiger partial charge < -0.3 is 4.74 Å². The van der Waals surface area contributed by atoms with Crippen molar-refractivity contribution in [1.29, 1.82) is 5.26 Å². The summed E-state index contributed by atoms with van der Waals surface area (Å²) in [5.41, 5.74) is 4.57. The van der Waals surface area contributed by atoms with Gasteiger partial charge in [0.2, 0.25) is 0 Å². The van der Waals surface area contributed by atoms with E-state index < -0.39 is 8.07 Å². The molecule has 0 radical (unpaired) electrons. The number of hydrogen-bond donors (Lipinski definition) is 0. The Labute approximate surface area is 147 Å². The Morgan fingerprint density at radius 2 is 1.74 bits per heavy atom. The van der Waals surface area contributed by atoms with Gasteiger partial charge in [-0.25, -0.2) is 0 Å². The Bertz CT molecular complexity index is 839. The second-order valence-corrected chi connectivity index (χ2v) is 11.6. The molecule has 2 aromatic rings. The monoisotopic (exact) mass is 359 g/mol. The molecular formula is C18H15Cl2NOSi. The van der Waals surface area contributed by atoms with Crippen molar-refractivity contribution in [3.05, 3.63) is 57.6 Å². The highest BCUT2D eigenvalue weighted by molar-refractivity contribution is 6.83. The van der Waals surface area contributed by atoms with Crippen LogP contribution in [0.25, 0.3) is 0 Å². The molecule has 5 heteroatoms. The fourth-order valence-electron chi connectivity index (χ4n) is 1.73. The van der Waals surface area contributed by atoms with Crippen molar-refractivity contribution in [2.75, 3.05) is 0 Å². The Balaban J connectivity index is 2.35. The zero-order valence-electron chi connectivity index (χ0n) is 13.1. The molecule has 0 aliphatic rings. The van der Waals surface area contributed by atoms with Crippen LogP contribution in [0, 0.1) is 22.8 Å². The Kier molecular flexibility index (Phi) is 5.39. The maximum absolute atomic E-state index is 8.99. The molecule has 2 nitrogen and oxygen atoms in total. The molecule has 0 aliphatic carbocycles. The molecule has 0 N–H and O–H groups in total. The largest absolute Gasteiger partial charge is 0.456 e. The summed E-state index contributed by atoms with van der Waals surface area (Å²) in [5.74, 6) is 4.12. The molecule has 2 aromatic carbocycles. The van der Waals surface area contributed by atoms with E-state index in [0.29, 0.717) is 27.1 Å². The van der Waals surface area contributed by atoms with Gasteiger partial charge in [-0.3, -0.25) is 0 Å². The van der Waals surface area contributed by atoms with Crippen molar-refractivity contribution in [3.63, 3.8) is 0 Å². The van der Waals surface area contributed by atoms with Crippen molar-refractivity contribution >= 4 is 31.3 Å². The third kappa shape index (κ3) is 5.34. The highest BCUT2D eigenvalue weighted by atomic mass is 35.5. The maximum Gasteiger partial charge on any atom is 0.147 e. The minimum absolute atomic E-state index is 0.429. The predicted molar refractivity (Wildman–Crippen MR) is 97.9 cm³/mol. The van der Waals surface area contributed by atoms with Crippen LogP contribution in [0.5, 0.6) is 11.5 Å². The van der Waals surface area contributed by atoms with Crippen LogP contribution in [0.2, 0.25) is 29.7 Å². The van der Waals surface area contributed by atoms with Crippen LogP contribution in [0.15, 0.2) is 36.4 Å². The molecule has 0 amide bonds. The van der Waals surface area contributed by atoms with Gasteiger partial charge in [-0.2, -0.15) is 5.26 Å². The van der Waals surface area contributed by atoms with Crippen molar-refractivity contribution in [3.8, 4) is 29.0 Å². The van der Waals surface area contributed by atoms with Crippen LogP contribution in [0.1, 0.15) is 11.1 Å². The topological polar surface area (TPSA) is 33.0 Å². The SMILES string of the molecule is C[Si](C)(C)C#Cc1ccc(Cl)c(Oc2cc(Cl)cc(C#N)c2)c1. The highest BCUT2D eigenvalue weighted by Crippen LogP contribution is 2.32. The summed E-state index contributed by atoms with van der Waals surface area (Å²) in [6, 6.07) is 12.3. The van der Waals surface area contributed by atoms with Gasteiger partial charge in [-0.15, -0.1) is 5.54 Å². The Morgan fingerprint density at radius 3 is 2.39 bits per heavy atom. The minimum atomic E-state index is -1.45. The van der Waals surface area contributed by atoms with E-state index in [4.69, 9.17) is 33.2 Å². The van der Waals surface area contributed by atoms with Gasteiger partial charge in [0.05, 0.1) is 16.7 Å². The van der Waals surface area contributed by atoms with Gasteiger partial charge in [0.25, 0.3) is 0 Å². The number of nitrogens with zero attached hydrogens (tertiary/aromatic N) is 1. The summed E-state index contributed by atoms with van der Waals surface area (Å²) in [4.78, 5) is 0. The number of rotatable bonds is 2. The number of halogens is 2. The highest BCUT2D eigenvalue weighted by Gasteiger charge is 2.09. The van der Waals surface area contributed by atoms with Crippen LogP contribution in [-0.4, -0.2) is 8.07 Å². The van der Waals surface area contributed by atoms with Crippen LogP contribution in [-0.2, 0) is 0 Å². The maximum atomic E-state index is 8.99. The van der Waals surface area contributed by atoms with Crippen LogP contribution < -0.4 is 4.74 Å². The molecule has 0 spiro atoms. The molecule has 0 unspecified atom stereocenters. The Hall–Kier alpha value is -1.91. The second kappa shape index (κ2) is 7.11. The lowest BCUT2D eigenvalue weighted by Crippen LogP contribution is -2.16. The fraction of sp³-hybridized carbons (Fsp3) is 0.167.